The monoisotopic (exact) mass is 276 g/mol. The van der Waals surface area contributed by atoms with E-state index in [4.69, 9.17) is 15.2 Å². The van der Waals surface area contributed by atoms with Crippen molar-refractivity contribution in [1.29, 1.82) is 0 Å². The van der Waals surface area contributed by atoms with Gasteiger partial charge in [0.1, 0.15) is 5.70 Å². The summed E-state index contributed by atoms with van der Waals surface area (Å²) in [5, 5.41) is 29.5. The summed E-state index contributed by atoms with van der Waals surface area (Å²) in [5.74, 6) is -0.982. The first kappa shape index (κ1) is 14.3. The van der Waals surface area contributed by atoms with Gasteiger partial charge >= 0.3 is 7.12 Å². The SMILES string of the molecule is O=C1C=C(Nc2ccc(B(O)O)cc2)C(=O)N1CCO. The fourth-order valence-electron chi connectivity index (χ4n) is 1.80. The Morgan fingerprint density at radius 1 is 1.15 bits per heavy atom. The number of hydrogen-bond acceptors (Lipinski definition) is 6. The molecule has 0 saturated carbocycles. The number of carbonyl (C=O) groups is 2. The van der Waals surface area contributed by atoms with Gasteiger partial charge in [-0.25, -0.2) is 0 Å². The molecule has 7 nitrogen and oxygen atoms in total. The normalized spacial score (nSPS) is 14.6. The Morgan fingerprint density at radius 2 is 1.80 bits per heavy atom. The molecular formula is C12H13BN2O5. The number of aliphatic hydroxyl groups is 1. The Balaban J connectivity index is 2.09. The maximum Gasteiger partial charge on any atom is 0.488 e. The van der Waals surface area contributed by atoms with Crippen LogP contribution in [-0.2, 0) is 9.59 Å². The van der Waals surface area contributed by atoms with Crippen LogP contribution in [0.15, 0.2) is 36.0 Å². The van der Waals surface area contributed by atoms with Crippen molar-refractivity contribution < 1.29 is 24.7 Å². The van der Waals surface area contributed by atoms with Crippen LogP contribution < -0.4 is 10.8 Å². The van der Waals surface area contributed by atoms with Crippen LogP contribution in [0.25, 0.3) is 0 Å². The number of hydrogen-bond donors (Lipinski definition) is 4. The molecule has 1 aliphatic rings. The molecule has 1 aromatic carbocycles. The number of imide groups is 1. The smallest absolute Gasteiger partial charge is 0.423 e. The minimum atomic E-state index is -1.56. The van der Waals surface area contributed by atoms with Crippen molar-refractivity contribution in [3.05, 3.63) is 36.0 Å². The van der Waals surface area contributed by atoms with E-state index in [1.165, 1.54) is 12.1 Å². The second-order valence-electron chi connectivity index (χ2n) is 4.20. The highest BCUT2D eigenvalue weighted by molar-refractivity contribution is 6.58. The first-order valence-corrected chi connectivity index (χ1v) is 5.94. The predicted octanol–water partition coefficient (Wildman–Crippen LogP) is -1.98. The van der Waals surface area contributed by atoms with Gasteiger partial charge in [-0.05, 0) is 17.6 Å². The lowest BCUT2D eigenvalue weighted by atomic mass is 9.80. The van der Waals surface area contributed by atoms with Crippen molar-refractivity contribution in [3.63, 3.8) is 0 Å². The molecular weight excluding hydrogens is 263 g/mol. The van der Waals surface area contributed by atoms with E-state index in [1.54, 1.807) is 12.1 Å². The molecule has 4 N–H and O–H groups in total. The third kappa shape index (κ3) is 2.88. The summed E-state index contributed by atoms with van der Waals surface area (Å²) in [7, 11) is -1.56. The molecule has 0 atom stereocenters. The molecule has 104 valence electrons. The summed E-state index contributed by atoms with van der Waals surface area (Å²) >= 11 is 0. The molecule has 20 heavy (non-hydrogen) atoms. The van der Waals surface area contributed by atoms with E-state index in [0.29, 0.717) is 11.2 Å². The summed E-state index contributed by atoms with van der Waals surface area (Å²) in [6, 6.07) is 6.09. The van der Waals surface area contributed by atoms with Crippen LogP contribution in [0, 0.1) is 0 Å². The number of amides is 2. The van der Waals surface area contributed by atoms with E-state index in [9.17, 15) is 9.59 Å². The van der Waals surface area contributed by atoms with Gasteiger partial charge in [0.25, 0.3) is 11.8 Å². The van der Waals surface area contributed by atoms with Gasteiger partial charge in [-0.1, -0.05) is 12.1 Å². The van der Waals surface area contributed by atoms with Gasteiger partial charge in [-0.2, -0.15) is 0 Å². The maximum absolute atomic E-state index is 11.9. The van der Waals surface area contributed by atoms with Crippen LogP contribution in [0.3, 0.4) is 0 Å². The van der Waals surface area contributed by atoms with E-state index < -0.39 is 18.9 Å². The lowest BCUT2D eigenvalue weighted by Crippen LogP contribution is -2.34. The van der Waals surface area contributed by atoms with E-state index in [0.717, 1.165) is 11.0 Å². The van der Waals surface area contributed by atoms with Crippen molar-refractivity contribution in [3.8, 4) is 0 Å². The van der Waals surface area contributed by atoms with E-state index in [-0.39, 0.29) is 18.8 Å². The van der Waals surface area contributed by atoms with Crippen LogP contribution in [0.4, 0.5) is 5.69 Å². The van der Waals surface area contributed by atoms with Gasteiger partial charge in [-0.15, -0.1) is 0 Å². The first-order valence-electron chi connectivity index (χ1n) is 5.94. The Kier molecular flexibility index (Phi) is 4.18. The minimum absolute atomic E-state index is 0.0466. The average molecular weight is 276 g/mol. The molecule has 0 fully saturated rings. The number of anilines is 1. The van der Waals surface area contributed by atoms with Gasteiger partial charge < -0.3 is 20.5 Å². The Labute approximate surface area is 115 Å². The Hall–Kier alpha value is -2.16. The van der Waals surface area contributed by atoms with Gasteiger partial charge in [-0.3, -0.25) is 14.5 Å². The number of nitrogens with zero attached hydrogens (tertiary/aromatic N) is 1. The number of carbonyl (C=O) groups excluding carboxylic acids is 2. The molecule has 0 aromatic heterocycles. The van der Waals surface area contributed by atoms with E-state index in [2.05, 4.69) is 5.32 Å². The highest BCUT2D eigenvalue weighted by atomic mass is 16.4. The van der Waals surface area contributed by atoms with Crippen molar-refractivity contribution in [2.24, 2.45) is 0 Å². The second kappa shape index (κ2) is 5.87. The Morgan fingerprint density at radius 3 is 2.35 bits per heavy atom. The number of benzene rings is 1. The fourth-order valence-corrected chi connectivity index (χ4v) is 1.80. The maximum atomic E-state index is 11.9. The zero-order valence-electron chi connectivity index (χ0n) is 10.5. The number of nitrogens with one attached hydrogen (secondary N) is 1. The lowest BCUT2D eigenvalue weighted by Gasteiger charge is -2.13. The lowest BCUT2D eigenvalue weighted by molar-refractivity contribution is -0.137. The quantitative estimate of drug-likeness (QED) is 0.366. The summed E-state index contributed by atoms with van der Waals surface area (Å²) in [5.41, 5.74) is 0.966. The molecule has 2 amide bonds. The molecule has 1 aliphatic heterocycles. The van der Waals surface area contributed by atoms with Crippen LogP contribution in [-0.4, -0.2) is 52.1 Å². The molecule has 0 bridgehead atoms. The van der Waals surface area contributed by atoms with Crippen molar-refractivity contribution in [2.75, 3.05) is 18.5 Å². The van der Waals surface area contributed by atoms with Gasteiger partial charge in [0.2, 0.25) is 0 Å². The molecule has 0 radical (unpaired) electrons. The van der Waals surface area contributed by atoms with Gasteiger partial charge in [0.15, 0.2) is 0 Å². The highest BCUT2D eigenvalue weighted by Gasteiger charge is 2.30. The van der Waals surface area contributed by atoms with Crippen molar-refractivity contribution in [1.82, 2.24) is 4.90 Å². The summed E-state index contributed by atoms with van der Waals surface area (Å²) in [4.78, 5) is 24.3. The minimum Gasteiger partial charge on any atom is -0.423 e. The molecule has 1 aromatic rings. The van der Waals surface area contributed by atoms with Crippen molar-refractivity contribution in [2.45, 2.75) is 0 Å². The molecule has 0 spiro atoms. The molecule has 0 unspecified atom stereocenters. The summed E-state index contributed by atoms with van der Waals surface area (Å²) in [6.45, 7) is -0.337. The molecule has 1 heterocycles. The third-order valence-electron chi connectivity index (χ3n) is 2.82. The third-order valence-corrected chi connectivity index (χ3v) is 2.82. The summed E-state index contributed by atoms with van der Waals surface area (Å²) in [6.07, 6.45) is 1.16. The van der Waals surface area contributed by atoms with Gasteiger partial charge in [0, 0.05) is 11.8 Å². The molecule has 8 heteroatoms. The highest BCUT2D eigenvalue weighted by Crippen LogP contribution is 2.16. The van der Waals surface area contributed by atoms with E-state index >= 15 is 0 Å². The average Bonchev–Trinajstić information content (AvgIpc) is 2.67. The van der Waals surface area contributed by atoms with Crippen LogP contribution in [0.1, 0.15) is 0 Å². The second-order valence-corrected chi connectivity index (χ2v) is 4.20. The zero-order valence-corrected chi connectivity index (χ0v) is 10.5. The standard InChI is InChI=1S/C12H13BN2O5/c16-6-5-15-11(17)7-10(12(15)18)14-9-3-1-8(2-4-9)13(19)20/h1-4,7,14,16,19-20H,5-6H2. The topological polar surface area (TPSA) is 110 Å². The first-order chi connectivity index (χ1) is 9.52. The van der Waals surface area contributed by atoms with Gasteiger partial charge in [0.05, 0.1) is 13.2 Å². The molecule has 0 saturated heterocycles. The number of rotatable bonds is 5. The number of β-amino-alcohol motifs (C(OH)–C–C–N with tert-alkyl or cyclic N) is 1. The van der Waals surface area contributed by atoms with Crippen LogP contribution in [0.2, 0.25) is 0 Å². The molecule has 0 aliphatic carbocycles. The summed E-state index contributed by atoms with van der Waals surface area (Å²) < 4.78 is 0. The van der Waals surface area contributed by atoms with Crippen LogP contribution in [0.5, 0.6) is 0 Å². The van der Waals surface area contributed by atoms with E-state index in [1.807, 2.05) is 0 Å². The van der Waals surface area contributed by atoms with Crippen LogP contribution >= 0.6 is 0 Å². The predicted molar refractivity (Wildman–Crippen MR) is 71.8 cm³/mol. The van der Waals surface area contributed by atoms with Crippen molar-refractivity contribution >= 4 is 30.1 Å². The largest absolute Gasteiger partial charge is 0.488 e. The zero-order chi connectivity index (χ0) is 14.7. The molecule has 2 rings (SSSR count). The Bertz CT molecular complexity index is 555. The number of aliphatic hydroxyl groups excluding tert-OH is 1. The fraction of sp³-hybridized carbons (Fsp3) is 0.167.